The molecule has 0 saturated carbocycles. The fourth-order valence-corrected chi connectivity index (χ4v) is 1.43. The normalized spacial score (nSPS) is 10.4. The second kappa shape index (κ2) is 4.17. The zero-order valence-corrected chi connectivity index (χ0v) is 9.04. The third kappa shape index (κ3) is 1.86. The van der Waals surface area contributed by atoms with E-state index in [0.717, 1.165) is 0 Å². The van der Waals surface area contributed by atoms with Crippen molar-refractivity contribution in [2.75, 3.05) is 5.32 Å². The van der Waals surface area contributed by atoms with Gasteiger partial charge in [0, 0.05) is 6.07 Å². The molecule has 0 aliphatic carbocycles. The van der Waals surface area contributed by atoms with E-state index in [-0.39, 0.29) is 17.5 Å². The average molecular weight is 244 g/mol. The van der Waals surface area contributed by atoms with E-state index in [9.17, 15) is 4.79 Å². The molecule has 0 bridgehead atoms. The predicted molar refractivity (Wildman–Crippen MR) is 60.6 cm³/mol. The standard InChI is InChI=1S/C10H8N6O2/c17-9(13-10-11-5-12-16-10)7-4-6(14-15-7)8-2-1-3-18-8/h1-5H,(H,14,15)(H2,11,12,13,16,17). The van der Waals surface area contributed by atoms with Crippen molar-refractivity contribution in [3.63, 3.8) is 0 Å². The number of hydrogen-bond acceptors (Lipinski definition) is 5. The van der Waals surface area contributed by atoms with Gasteiger partial charge in [0.15, 0.2) is 11.5 Å². The average Bonchev–Trinajstić information content (AvgIpc) is 3.11. The Labute approximate surface area is 100 Å². The van der Waals surface area contributed by atoms with Gasteiger partial charge in [0.05, 0.1) is 6.26 Å². The highest BCUT2D eigenvalue weighted by Gasteiger charge is 2.13. The van der Waals surface area contributed by atoms with Gasteiger partial charge in [0.1, 0.15) is 12.0 Å². The first-order chi connectivity index (χ1) is 8.83. The Morgan fingerprint density at radius 3 is 3.06 bits per heavy atom. The highest BCUT2D eigenvalue weighted by molar-refractivity contribution is 6.02. The van der Waals surface area contributed by atoms with E-state index in [0.29, 0.717) is 11.5 Å². The second-order valence-electron chi connectivity index (χ2n) is 3.43. The minimum Gasteiger partial charge on any atom is -0.463 e. The van der Waals surface area contributed by atoms with E-state index < -0.39 is 0 Å². The Hall–Kier alpha value is -2.90. The maximum Gasteiger partial charge on any atom is 0.278 e. The Bertz CT molecular complexity index is 640. The molecule has 1 amide bonds. The number of carbonyl (C=O) groups excluding carboxylic acids is 1. The molecule has 0 atom stereocenters. The van der Waals surface area contributed by atoms with Crippen LogP contribution in [0.25, 0.3) is 11.5 Å². The first-order valence-electron chi connectivity index (χ1n) is 5.09. The first kappa shape index (κ1) is 10.3. The number of aromatic amines is 2. The van der Waals surface area contributed by atoms with Crippen molar-refractivity contribution in [1.82, 2.24) is 25.4 Å². The molecular formula is C10H8N6O2. The molecular weight excluding hydrogens is 236 g/mol. The van der Waals surface area contributed by atoms with Gasteiger partial charge in [0.25, 0.3) is 5.91 Å². The highest BCUT2D eigenvalue weighted by atomic mass is 16.3. The lowest BCUT2D eigenvalue weighted by Gasteiger charge is -1.95. The minimum absolute atomic E-state index is 0.234. The van der Waals surface area contributed by atoms with Gasteiger partial charge in [-0.1, -0.05) is 0 Å². The van der Waals surface area contributed by atoms with Crippen LogP contribution < -0.4 is 5.32 Å². The summed E-state index contributed by atoms with van der Waals surface area (Å²) in [6.07, 6.45) is 2.85. The van der Waals surface area contributed by atoms with Gasteiger partial charge >= 0.3 is 0 Å². The molecule has 18 heavy (non-hydrogen) atoms. The third-order valence-electron chi connectivity index (χ3n) is 2.24. The van der Waals surface area contributed by atoms with Crippen molar-refractivity contribution < 1.29 is 9.21 Å². The number of amides is 1. The summed E-state index contributed by atoms with van der Waals surface area (Å²) < 4.78 is 5.19. The monoisotopic (exact) mass is 244 g/mol. The van der Waals surface area contributed by atoms with Crippen LogP contribution in [0.2, 0.25) is 0 Å². The molecule has 3 heterocycles. The van der Waals surface area contributed by atoms with Gasteiger partial charge < -0.3 is 4.42 Å². The maximum absolute atomic E-state index is 11.8. The van der Waals surface area contributed by atoms with Crippen LogP contribution in [0.1, 0.15) is 10.5 Å². The van der Waals surface area contributed by atoms with Crippen LogP contribution in [0.15, 0.2) is 35.2 Å². The smallest absolute Gasteiger partial charge is 0.278 e. The second-order valence-corrected chi connectivity index (χ2v) is 3.43. The zero-order chi connectivity index (χ0) is 12.4. The fourth-order valence-electron chi connectivity index (χ4n) is 1.43. The van der Waals surface area contributed by atoms with Crippen LogP contribution in [-0.2, 0) is 0 Å². The van der Waals surface area contributed by atoms with Crippen molar-refractivity contribution in [1.29, 1.82) is 0 Å². The Kier molecular flexibility index (Phi) is 2.38. The predicted octanol–water partition coefficient (Wildman–Crippen LogP) is 1.04. The number of aromatic nitrogens is 5. The zero-order valence-electron chi connectivity index (χ0n) is 9.04. The van der Waals surface area contributed by atoms with Gasteiger partial charge in [-0.2, -0.15) is 15.2 Å². The van der Waals surface area contributed by atoms with Crippen molar-refractivity contribution in [3.05, 3.63) is 36.5 Å². The number of carbonyl (C=O) groups is 1. The molecule has 8 nitrogen and oxygen atoms in total. The van der Waals surface area contributed by atoms with Gasteiger partial charge in [-0.25, -0.2) is 5.10 Å². The third-order valence-corrected chi connectivity index (χ3v) is 2.24. The van der Waals surface area contributed by atoms with Crippen molar-refractivity contribution in [3.8, 4) is 11.5 Å². The SMILES string of the molecule is O=C(Nc1ncn[nH]1)c1cc(-c2ccco2)[nH]n1. The van der Waals surface area contributed by atoms with Gasteiger partial charge in [-0.15, -0.1) is 0 Å². The molecule has 0 aliphatic heterocycles. The largest absolute Gasteiger partial charge is 0.463 e. The summed E-state index contributed by atoms with van der Waals surface area (Å²) >= 11 is 0. The number of nitrogens with one attached hydrogen (secondary N) is 3. The quantitative estimate of drug-likeness (QED) is 0.637. The van der Waals surface area contributed by atoms with Crippen LogP contribution in [0.5, 0.6) is 0 Å². The molecule has 3 rings (SSSR count). The molecule has 0 aromatic carbocycles. The number of nitrogens with zero attached hydrogens (tertiary/aromatic N) is 3. The van der Waals surface area contributed by atoms with Crippen molar-refractivity contribution in [2.45, 2.75) is 0 Å². The van der Waals surface area contributed by atoms with Crippen LogP contribution in [0.3, 0.4) is 0 Å². The van der Waals surface area contributed by atoms with E-state index in [2.05, 4.69) is 30.7 Å². The molecule has 0 spiro atoms. The van der Waals surface area contributed by atoms with E-state index >= 15 is 0 Å². The number of furan rings is 1. The fraction of sp³-hybridized carbons (Fsp3) is 0. The number of anilines is 1. The van der Waals surface area contributed by atoms with Gasteiger partial charge in [-0.05, 0) is 12.1 Å². The summed E-state index contributed by atoms with van der Waals surface area (Å²) in [4.78, 5) is 15.6. The molecule has 3 aromatic rings. The number of H-pyrrole nitrogens is 2. The lowest BCUT2D eigenvalue weighted by molar-refractivity contribution is 0.102. The summed E-state index contributed by atoms with van der Waals surface area (Å²) in [6.45, 7) is 0. The van der Waals surface area contributed by atoms with E-state index in [1.165, 1.54) is 6.33 Å². The van der Waals surface area contributed by atoms with E-state index in [1.54, 1.807) is 24.5 Å². The summed E-state index contributed by atoms with van der Waals surface area (Å²) in [7, 11) is 0. The summed E-state index contributed by atoms with van der Waals surface area (Å²) in [5.41, 5.74) is 0.862. The highest BCUT2D eigenvalue weighted by Crippen LogP contribution is 2.17. The van der Waals surface area contributed by atoms with Crippen molar-refractivity contribution >= 4 is 11.9 Å². The van der Waals surface area contributed by atoms with Crippen LogP contribution in [-0.4, -0.2) is 31.3 Å². The molecule has 0 saturated heterocycles. The molecule has 0 unspecified atom stereocenters. The molecule has 0 aliphatic rings. The molecule has 8 heteroatoms. The molecule has 3 N–H and O–H groups in total. The lowest BCUT2D eigenvalue weighted by Crippen LogP contribution is -2.13. The van der Waals surface area contributed by atoms with Crippen LogP contribution >= 0.6 is 0 Å². The van der Waals surface area contributed by atoms with Crippen LogP contribution in [0, 0.1) is 0 Å². The first-order valence-corrected chi connectivity index (χ1v) is 5.09. The van der Waals surface area contributed by atoms with Crippen LogP contribution in [0.4, 0.5) is 5.95 Å². The lowest BCUT2D eigenvalue weighted by atomic mass is 10.3. The summed E-state index contributed by atoms with van der Waals surface area (Å²) in [5, 5.41) is 15.3. The molecule has 0 radical (unpaired) electrons. The molecule has 3 aromatic heterocycles. The number of rotatable bonds is 3. The Morgan fingerprint density at radius 1 is 1.39 bits per heavy atom. The minimum atomic E-state index is -0.388. The number of hydrogen-bond donors (Lipinski definition) is 3. The summed E-state index contributed by atoms with van der Waals surface area (Å²) in [6, 6.07) is 5.11. The van der Waals surface area contributed by atoms with E-state index in [4.69, 9.17) is 4.42 Å². The molecule has 0 fully saturated rings. The van der Waals surface area contributed by atoms with Gasteiger partial charge in [-0.3, -0.25) is 15.2 Å². The molecule has 90 valence electrons. The van der Waals surface area contributed by atoms with Crippen molar-refractivity contribution in [2.24, 2.45) is 0 Å². The Balaban J connectivity index is 1.79. The topological polar surface area (TPSA) is 112 Å². The van der Waals surface area contributed by atoms with Gasteiger partial charge in [0.2, 0.25) is 5.95 Å². The summed E-state index contributed by atoms with van der Waals surface area (Å²) in [5.74, 6) is 0.490. The maximum atomic E-state index is 11.8. The van der Waals surface area contributed by atoms with E-state index in [1.807, 2.05) is 0 Å². The Morgan fingerprint density at radius 2 is 2.33 bits per heavy atom.